The second kappa shape index (κ2) is 8.49. The van der Waals surface area contributed by atoms with E-state index in [2.05, 4.69) is 49.0 Å². The molecule has 1 atom stereocenters. The first kappa shape index (κ1) is 18.7. The predicted molar refractivity (Wildman–Crippen MR) is 99.8 cm³/mol. The highest BCUT2D eigenvalue weighted by Gasteiger charge is 2.17. The average molecular weight is 333 g/mol. The van der Waals surface area contributed by atoms with Gasteiger partial charge in [0.1, 0.15) is 6.10 Å². The van der Waals surface area contributed by atoms with Gasteiger partial charge in [-0.3, -0.25) is 4.79 Å². The molecule has 134 valence electrons. The van der Waals surface area contributed by atoms with E-state index >= 15 is 0 Å². The van der Waals surface area contributed by atoms with Gasteiger partial charge in [0.05, 0.1) is 0 Å². The summed E-state index contributed by atoms with van der Waals surface area (Å²) in [6.07, 6.45) is -0.440. The van der Waals surface area contributed by atoms with Gasteiger partial charge in [-0.1, -0.05) is 13.8 Å². The average Bonchev–Trinajstić information content (AvgIpc) is 2.53. The van der Waals surface area contributed by atoms with Crippen molar-refractivity contribution < 1.29 is 9.53 Å². The number of rotatable bonds is 6. The van der Waals surface area contributed by atoms with Crippen molar-refractivity contribution in [1.82, 2.24) is 4.90 Å². The molecule has 1 saturated heterocycles. The highest BCUT2D eigenvalue weighted by molar-refractivity contribution is 5.94. The van der Waals surface area contributed by atoms with E-state index in [1.165, 1.54) is 11.3 Å². The zero-order chi connectivity index (χ0) is 17.7. The second-order valence-corrected chi connectivity index (χ2v) is 7.15. The van der Waals surface area contributed by atoms with Gasteiger partial charge >= 0.3 is 0 Å². The first-order valence-electron chi connectivity index (χ1n) is 8.83. The van der Waals surface area contributed by atoms with Crippen LogP contribution < -0.4 is 10.2 Å². The van der Waals surface area contributed by atoms with Crippen LogP contribution in [0.1, 0.15) is 26.3 Å². The van der Waals surface area contributed by atoms with Gasteiger partial charge in [-0.15, -0.1) is 0 Å². The summed E-state index contributed by atoms with van der Waals surface area (Å²) in [5.41, 5.74) is 3.27. The zero-order valence-corrected chi connectivity index (χ0v) is 15.6. The Morgan fingerprint density at radius 1 is 1.21 bits per heavy atom. The Labute approximate surface area is 146 Å². The Kier molecular flexibility index (Phi) is 6.63. The van der Waals surface area contributed by atoms with Gasteiger partial charge in [-0.25, -0.2) is 0 Å². The third-order valence-corrected chi connectivity index (χ3v) is 4.36. The summed E-state index contributed by atoms with van der Waals surface area (Å²) in [5.74, 6) is 0.327. The minimum absolute atomic E-state index is 0.0950. The molecular weight excluding hydrogens is 302 g/mol. The second-order valence-electron chi connectivity index (χ2n) is 7.15. The molecule has 1 aromatic carbocycles. The number of carbonyl (C=O) groups is 1. The van der Waals surface area contributed by atoms with Crippen LogP contribution in [0.5, 0.6) is 0 Å². The summed E-state index contributed by atoms with van der Waals surface area (Å²) in [7, 11) is 2.16. The molecule has 0 radical (unpaired) electrons. The van der Waals surface area contributed by atoms with Crippen molar-refractivity contribution in [3.8, 4) is 0 Å². The van der Waals surface area contributed by atoms with E-state index in [1.54, 1.807) is 6.92 Å². The molecule has 0 spiro atoms. The van der Waals surface area contributed by atoms with Crippen molar-refractivity contribution >= 4 is 17.3 Å². The molecular formula is C19H31N3O2. The number of anilines is 2. The maximum absolute atomic E-state index is 12.2. The predicted octanol–water partition coefficient (Wildman–Crippen LogP) is 2.75. The lowest BCUT2D eigenvalue weighted by Gasteiger charge is -2.35. The van der Waals surface area contributed by atoms with Crippen LogP contribution in [0.15, 0.2) is 18.2 Å². The summed E-state index contributed by atoms with van der Waals surface area (Å²) in [6, 6.07) is 6.13. The smallest absolute Gasteiger partial charge is 0.253 e. The maximum Gasteiger partial charge on any atom is 0.253 e. The lowest BCUT2D eigenvalue weighted by molar-refractivity contribution is -0.126. The number of benzene rings is 1. The normalized spacial score (nSPS) is 17.2. The third kappa shape index (κ3) is 5.21. The summed E-state index contributed by atoms with van der Waals surface area (Å²) >= 11 is 0. The number of hydrogen-bond donors (Lipinski definition) is 1. The maximum atomic E-state index is 12.2. The number of amides is 1. The number of hydrogen-bond acceptors (Lipinski definition) is 4. The van der Waals surface area contributed by atoms with Gasteiger partial charge in [0.15, 0.2) is 0 Å². The Hall–Kier alpha value is -1.59. The first-order chi connectivity index (χ1) is 11.4. The van der Waals surface area contributed by atoms with Crippen LogP contribution in [0.4, 0.5) is 11.4 Å². The van der Waals surface area contributed by atoms with E-state index in [-0.39, 0.29) is 5.91 Å². The highest BCUT2D eigenvalue weighted by atomic mass is 16.5. The number of piperazine rings is 1. The molecule has 5 heteroatoms. The van der Waals surface area contributed by atoms with Crippen molar-refractivity contribution in [1.29, 1.82) is 0 Å². The number of aryl methyl sites for hydroxylation is 1. The highest BCUT2D eigenvalue weighted by Crippen LogP contribution is 2.24. The molecule has 1 N–H and O–H groups in total. The summed E-state index contributed by atoms with van der Waals surface area (Å²) in [6.45, 7) is 12.9. The Balaban J connectivity index is 1.95. The number of nitrogens with zero attached hydrogens (tertiary/aromatic N) is 2. The fourth-order valence-corrected chi connectivity index (χ4v) is 2.79. The van der Waals surface area contributed by atoms with E-state index in [0.717, 1.165) is 31.9 Å². The number of ether oxygens (including phenoxy) is 1. The molecule has 1 heterocycles. The van der Waals surface area contributed by atoms with E-state index in [9.17, 15) is 4.79 Å². The third-order valence-electron chi connectivity index (χ3n) is 4.36. The van der Waals surface area contributed by atoms with Crippen molar-refractivity contribution in [3.63, 3.8) is 0 Å². The monoisotopic (exact) mass is 333 g/mol. The molecule has 1 aliphatic heterocycles. The van der Waals surface area contributed by atoms with Gasteiger partial charge in [-0.2, -0.15) is 0 Å². The zero-order valence-electron chi connectivity index (χ0n) is 15.6. The lowest BCUT2D eigenvalue weighted by Crippen LogP contribution is -2.44. The topological polar surface area (TPSA) is 44.8 Å². The fraction of sp³-hybridized carbons (Fsp3) is 0.632. The fourth-order valence-electron chi connectivity index (χ4n) is 2.79. The molecule has 5 nitrogen and oxygen atoms in total. The van der Waals surface area contributed by atoms with Gasteiger partial charge in [0.2, 0.25) is 0 Å². The Bertz CT molecular complexity index is 552. The van der Waals surface area contributed by atoms with E-state index in [0.29, 0.717) is 12.5 Å². The molecule has 0 unspecified atom stereocenters. The van der Waals surface area contributed by atoms with Gasteiger partial charge in [0.25, 0.3) is 5.91 Å². The van der Waals surface area contributed by atoms with Crippen LogP contribution in [0, 0.1) is 12.8 Å². The molecule has 0 saturated carbocycles. The van der Waals surface area contributed by atoms with Crippen LogP contribution in [-0.4, -0.2) is 56.7 Å². The van der Waals surface area contributed by atoms with Crippen LogP contribution in [0.3, 0.4) is 0 Å². The molecule has 0 bridgehead atoms. The van der Waals surface area contributed by atoms with Gasteiger partial charge in [0, 0.05) is 44.2 Å². The van der Waals surface area contributed by atoms with Crippen molar-refractivity contribution in [2.45, 2.75) is 33.8 Å². The summed E-state index contributed by atoms with van der Waals surface area (Å²) < 4.78 is 5.57. The molecule has 1 fully saturated rings. The number of carbonyl (C=O) groups excluding carboxylic acids is 1. The molecule has 24 heavy (non-hydrogen) atoms. The largest absolute Gasteiger partial charge is 0.369 e. The summed E-state index contributed by atoms with van der Waals surface area (Å²) in [4.78, 5) is 17.0. The Morgan fingerprint density at radius 2 is 1.88 bits per heavy atom. The Morgan fingerprint density at radius 3 is 2.46 bits per heavy atom. The van der Waals surface area contributed by atoms with Crippen LogP contribution in [0.2, 0.25) is 0 Å². The first-order valence-corrected chi connectivity index (χ1v) is 8.83. The molecule has 2 rings (SSSR count). The quantitative estimate of drug-likeness (QED) is 0.869. The van der Waals surface area contributed by atoms with Crippen molar-refractivity contribution in [2.75, 3.05) is 50.1 Å². The standard InChI is InChI=1S/C19H31N3O2/c1-14(2)13-24-16(4)19(23)20-17-6-7-18(15(3)12-17)22-10-8-21(5)9-11-22/h6-7,12,14,16H,8-11,13H2,1-5H3,(H,20,23)/t16-/m1/s1. The summed E-state index contributed by atoms with van der Waals surface area (Å²) in [5, 5.41) is 2.95. The van der Waals surface area contributed by atoms with Crippen LogP contribution in [-0.2, 0) is 9.53 Å². The molecule has 1 amide bonds. The lowest BCUT2D eigenvalue weighted by atomic mass is 10.1. The van der Waals surface area contributed by atoms with E-state index in [1.807, 2.05) is 12.1 Å². The molecule has 0 aromatic heterocycles. The minimum Gasteiger partial charge on any atom is -0.369 e. The van der Waals surface area contributed by atoms with Crippen molar-refractivity contribution in [2.24, 2.45) is 5.92 Å². The van der Waals surface area contributed by atoms with Crippen LogP contribution >= 0.6 is 0 Å². The molecule has 0 aliphatic carbocycles. The number of nitrogens with one attached hydrogen (secondary N) is 1. The SMILES string of the molecule is Cc1cc(NC(=O)[C@@H](C)OCC(C)C)ccc1N1CCN(C)CC1. The van der Waals surface area contributed by atoms with Crippen molar-refractivity contribution in [3.05, 3.63) is 23.8 Å². The van der Waals surface area contributed by atoms with Gasteiger partial charge < -0.3 is 19.9 Å². The number of likely N-dealkylation sites (N-methyl/N-ethyl adjacent to an activating group) is 1. The van der Waals surface area contributed by atoms with E-state index < -0.39 is 6.10 Å². The van der Waals surface area contributed by atoms with Crippen LogP contribution in [0.25, 0.3) is 0 Å². The molecule has 1 aromatic rings. The van der Waals surface area contributed by atoms with E-state index in [4.69, 9.17) is 4.74 Å². The minimum atomic E-state index is -0.440. The molecule has 1 aliphatic rings. The van der Waals surface area contributed by atoms with Gasteiger partial charge in [-0.05, 0) is 50.6 Å².